The van der Waals surface area contributed by atoms with Crippen LogP contribution in [0.5, 0.6) is 0 Å². The van der Waals surface area contributed by atoms with Gasteiger partial charge in [-0.05, 0) is 17.5 Å². The number of carboxylic acid groups (broad SMARTS) is 1. The second-order valence-corrected chi connectivity index (χ2v) is 4.26. The predicted molar refractivity (Wildman–Crippen MR) is 58.2 cm³/mol. The molecule has 0 aliphatic rings. The van der Waals surface area contributed by atoms with Crippen molar-refractivity contribution >= 4 is 44.0 Å². The number of hydrogen-bond acceptors (Lipinski definition) is 3. The molecule has 5 heteroatoms. The number of carboxylic acids is 1. The van der Waals surface area contributed by atoms with Crippen LogP contribution in [0.2, 0.25) is 5.02 Å². The quantitative estimate of drug-likeness (QED) is 0.788. The number of rotatable bonds is 1. The van der Waals surface area contributed by atoms with Gasteiger partial charge in [0.05, 0.1) is 20.3 Å². The van der Waals surface area contributed by atoms with E-state index in [0.29, 0.717) is 5.00 Å². The van der Waals surface area contributed by atoms with Gasteiger partial charge < -0.3 is 10.8 Å². The van der Waals surface area contributed by atoms with E-state index < -0.39 is 5.97 Å². The zero-order valence-corrected chi connectivity index (χ0v) is 8.52. The number of hydrogen-bond donors (Lipinski definition) is 2. The van der Waals surface area contributed by atoms with Gasteiger partial charge in [-0.1, -0.05) is 17.7 Å². The van der Waals surface area contributed by atoms with Crippen LogP contribution in [0.4, 0.5) is 5.00 Å². The van der Waals surface area contributed by atoms with Gasteiger partial charge in [0.1, 0.15) is 0 Å². The van der Waals surface area contributed by atoms with Gasteiger partial charge in [-0.25, -0.2) is 4.79 Å². The monoisotopic (exact) mass is 227 g/mol. The first-order valence-electron chi connectivity index (χ1n) is 3.80. The molecule has 1 aromatic heterocycles. The zero-order chi connectivity index (χ0) is 10.3. The minimum atomic E-state index is -1.02. The van der Waals surface area contributed by atoms with Crippen molar-refractivity contribution < 1.29 is 9.90 Å². The van der Waals surface area contributed by atoms with Crippen LogP contribution < -0.4 is 5.73 Å². The maximum atomic E-state index is 10.8. The Hall–Kier alpha value is -1.26. The topological polar surface area (TPSA) is 63.3 Å². The molecule has 72 valence electrons. The lowest BCUT2D eigenvalue weighted by Crippen LogP contribution is -1.96. The molecule has 0 aliphatic carbocycles. The van der Waals surface area contributed by atoms with Gasteiger partial charge in [0.15, 0.2) is 0 Å². The fraction of sp³-hybridized carbons (Fsp3) is 0. The van der Waals surface area contributed by atoms with E-state index in [4.69, 9.17) is 22.4 Å². The standard InChI is InChI=1S/C9H6ClNO2S/c10-7-5(9(12)13)2-1-4-3-6(11)14-8(4)7/h1-3H,11H2,(H,12,13). The molecule has 14 heavy (non-hydrogen) atoms. The molecule has 0 radical (unpaired) electrons. The number of benzene rings is 1. The molecule has 0 bridgehead atoms. The van der Waals surface area contributed by atoms with Gasteiger partial charge in [0.25, 0.3) is 0 Å². The Morgan fingerprint density at radius 1 is 1.50 bits per heavy atom. The number of thiophene rings is 1. The molecule has 3 N–H and O–H groups in total. The highest BCUT2D eigenvalue weighted by molar-refractivity contribution is 7.23. The molecule has 0 unspecified atom stereocenters. The number of fused-ring (bicyclic) bond motifs is 1. The van der Waals surface area contributed by atoms with E-state index in [1.54, 1.807) is 12.1 Å². The summed E-state index contributed by atoms with van der Waals surface area (Å²) < 4.78 is 0.726. The first kappa shape index (κ1) is 9.30. The van der Waals surface area contributed by atoms with E-state index in [-0.39, 0.29) is 10.6 Å². The van der Waals surface area contributed by atoms with Gasteiger partial charge in [-0.3, -0.25) is 0 Å². The summed E-state index contributed by atoms with van der Waals surface area (Å²) >= 11 is 7.22. The van der Waals surface area contributed by atoms with Crippen LogP contribution in [-0.2, 0) is 0 Å². The zero-order valence-electron chi connectivity index (χ0n) is 6.95. The maximum Gasteiger partial charge on any atom is 0.337 e. The summed E-state index contributed by atoms with van der Waals surface area (Å²) in [6.07, 6.45) is 0. The number of anilines is 1. The van der Waals surface area contributed by atoms with Crippen molar-refractivity contribution in [3.63, 3.8) is 0 Å². The summed E-state index contributed by atoms with van der Waals surface area (Å²) in [5.74, 6) is -1.02. The molecule has 3 nitrogen and oxygen atoms in total. The Kier molecular flexibility index (Phi) is 2.09. The molecule has 0 amide bonds. The molecule has 1 heterocycles. The summed E-state index contributed by atoms with van der Waals surface area (Å²) in [6, 6.07) is 4.97. The Labute approximate surface area is 88.7 Å². The van der Waals surface area contributed by atoms with Gasteiger partial charge in [0, 0.05) is 0 Å². The second-order valence-electron chi connectivity index (χ2n) is 2.80. The predicted octanol–water partition coefficient (Wildman–Crippen LogP) is 2.84. The van der Waals surface area contributed by atoms with Crippen LogP contribution in [0.3, 0.4) is 0 Å². The van der Waals surface area contributed by atoms with Crippen molar-refractivity contribution in [2.24, 2.45) is 0 Å². The molecular weight excluding hydrogens is 222 g/mol. The highest BCUT2D eigenvalue weighted by atomic mass is 35.5. The normalized spacial score (nSPS) is 10.6. The van der Waals surface area contributed by atoms with Crippen LogP contribution >= 0.6 is 22.9 Å². The molecular formula is C9H6ClNO2S. The first-order chi connectivity index (χ1) is 6.59. The van der Waals surface area contributed by atoms with Crippen LogP contribution in [-0.4, -0.2) is 11.1 Å². The highest BCUT2D eigenvalue weighted by Gasteiger charge is 2.13. The molecule has 0 fully saturated rings. The Morgan fingerprint density at radius 2 is 2.21 bits per heavy atom. The third-order valence-corrected chi connectivity index (χ3v) is 3.38. The molecule has 0 atom stereocenters. The number of nitrogen functional groups attached to an aromatic ring is 1. The molecule has 0 saturated carbocycles. The number of aromatic carboxylic acids is 1. The van der Waals surface area contributed by atoms with Crippen LogP contribution in [0.15, 0.2) is 18.2 Å². The fourth-order valence-electron chi connectivity index (χ4n) is 1.25. The van der Waals surface area contributed by atoms with Gasteiger partial charge in [0.2, 0.25) is 0 Å². The number of halogens is 1. The van der Waals surface area contributed by atoms with E-state index in [2.05, 4.69) is 0 Å². The van der Waals surface area contributed by atoms with E-state index in [1.807, 2.05) is 0 Å². The number of nitrogens with two attached hydrogens (primary N) is 1. The van der Waals surface area contributed by atoms with Crippen LogP contribution in [0.25, 0.3) is 10.1 Å². The molecule has 0 saturated heterocycles. The lowest BCUT2D eigenvalue weighted by Gasteiger charge is -1.98. The Morgan fingerprint density at radius 3 is 2.86 bits per heavy atom. The van der Waals surface area contributed by atoms with Gasteiger partial charge >= 0.3 is 5.97 Å². The van der Waals surface area contributed by atoms with Crippen molar-refractivity contribution in [1.82, 2.24) is 0 Å². The third kappa shape index (κ3) is 1.32. The Balaban J connectivity index is 2.80. The average molecular weight is 228 g/mol. The van der Waals surface area contributed by atoms with Gasteiger partial charge in [-0.15, -0.1) is 11.3 Å². The number of carbonyl (C=O) groups is 1. The summed E-state index contributed by atoms with van der Waals surface area (Å²) in [4.78, 5) is 10.8. The Bertz CT molecular complexity index is 521. The molecule has 1 aromatic carbocycles. The molecule has 0 spiro atoms. The SMILES string of the molecule is Nc1cc2ccc(C(=O)O)c(Cl)c2s1. The fourth-order valence-corrected chi connectivity index (χ4v) is 2.49. The van der Waals surface area contributed by atoms with E-state index >= 15 is 0 Å². The van der Waals surface area contributed by atoms with Crippen LogP contribution in [0.1, 0.15) is 10.4 Å². The lowest BCUT2D eigenvalue weighted by molar-refractivity contribution is 0.0697. The van der Waals surface area contributed by atoms with Crippen molar-refractivity contribution in [3.05, 3.63) is 28.8 Å². The highest BCUT2D eigenvalue weighted by Crippen LogP contribution is 2.35. The maximum absolute atomic E-state index is 10.8. The lowest BCUT2D eigenvalue weighted by atomic mass is 10.2. The second kappa shape index (κ2) is 3.15. The van der Waals surface area contributed by atoms with Crippen molar-refractivity contribution in [2.75, 3.05) is 5.73 Å². The smallest absolute Gasteiger partial charge is 0.337 e. The average Bonchev–Trinajstić information content (AvgIpc) is 2.46. The first-order valence-corrected chi connectivity index (χ1v) is 5.00. The summed E-state index contributed by atoms with van der Waals surface area (Å²) in [7, 11) is 0. The van der Waals surface area contributed by atoms with Crippen molar-refractivity contribution in [3.8, 4) is 0 Å². The van der Waals surface area contributed by atoms with E-state index in [1.165, 1.54) is 17.4 Å². The van der Waals surface area contributed by atoms with Crippen LogP contribution in [0, 0.1) is 0 Å². The summed E-state index contributed by atoms with van der Waals surface area (Å²) in [5, 5.41) is 10.6. The summed E-state index contributed by atoms with van der Waals surface area (Å²) in [6.45, 7) is 0. The molecule has 2 rings (SSSR count). The third-order valence-electron chi connectivity index (χ3n) is 1.88. The summed E-state index contributed by atoms with van der Waals surface area (Å²) in [5.41, 5.74) is 5.71. The molecule has 2 aromatic rings. The van der Waals surface area contributed by atoms with E-state index in [0.717, 1.165) is 10.1 Å². The van der Waals surface area contributed by atoms with E-state index in [9.17, 15) is 4.79 Å². The minimum Gasteiger partial charge on any atom is -0.478 e. The van der Waals surface area contributed by atoms with Crippen molar-refractivity contribution in [2.45, 2.75) is 0 Å². The van der Waals surface area contributed by atoms with Crippen molar-refractivity contribution in [1.29, 1.82) is 0 Å². The molecule has 0 aliphatic heterocycles. The largest absolute Gasteiger partial charge is 0.478 e. The van der Waals surface area contributed by atoms with Gasteiger partial charge in [-0.2, -0.15) is 0 Å². The minimum absolute atomic E-state index is 0.112.